The first-order valence-corrected chi connectivity index (χ1v) is 10.8. The standard InChI is InChI=1S/C27H26N2O4/c1-16(2)19-11-7-8-17(3)24(19)28-25(30)22-14-18(12-13-23(22)33-4)15-29-26(31)20-9-5-6-10-21(20)27(29)32/h5-14,16H,15H2,1-4H3,(H,28,30). The molecule has 0 saturated carbocycles. The number of carbonyl (C=O) groups excluding carboxylic acids is 3. The molecule has 6 heteroatoms. The van der Waals surface area contributed by atoms with Crippen LogP contribution in [0.4, 0.5) is 5.69 Å². The Morgan fingerprint density at radius 1 is 0.970 bits per heavy atom. The summed E-state index contributed by atoms with van der Waals surface area (Å²) in [4.78, 5) is 39.9. The number of aryl methyl sites for hydroxylation is 1. The molecule has 1 heterocycles. The molecule has 33 heavy (non-hydrogen) atoms. The third kappa shape index (κ3) is 4.12. The van der Waals surface area contributed by atoms with E-state index in [-0.39, 0.29) is 30.2 Å². The first-order valence-electron chi connectivity index (χ1n) is 10.8. The minimum Gasteiger partial charge on any atom is -0.496 e. The summed E-state index contributed by atoms with van der Waals surface area (Å²) in [6, 6.07) is 17.8. The highest BCUT2D eigenvalue weighted by Crippen LogP contribution is 2.30. The van der Waals surface area contributed by atoms with Gasteiger partial charge >= 0.3 is 0 Å². The van der Waals surface area contributed by atoms with Crippen LogP contribution in [0, 0.1) is 6.92 Å². The smallest absolute Gasteiger partial charge is 0.261 e. The normalized spacial score (nSPS) is 12.8. The molecule has 0 saturated heterocycles. The van der Waals surface area contributed by atoms with Gasteiger partial charge in [-0.2, -0.15) is 0 Å². The number of benzene rings is 3. The maximum atomic E-state index is 13.3. The van der Waals surface area contributed by atoms with Crippen LogP contribution in [0.3, 0.4) is 0 Å². The maximum absolute atomic E-state index is 13.3. The van der Waals surface area contributed by atoms with E-state index < -0.39 is 0 Å². The molecular formula is C27H26N2O4. The van der Waals surface area contributed by atoms with Crippen molar-refractivity contribution in [1.29, 1.82) is 0 Å². The summed E-state index contributed by atoms with van der Waals surface area (Å²) in [5, 5.41) is 3.04. The summed E-state index contributed by atoms with van der Waals surface area (Å²) in [6.07, 6.45) is 0. The molecule has 3 aromatic carbocycles. The number of rotatable bonds is 6. The van der Waals surface area contributed by atoms with E-state index >= 15 is 0 Å². The Hall–Kier alpha value is -3.93. The summed E-state index contributed by atoms with van der Waals surface area (Å²) in [6.45, 7) is 6.18. The number of hydrogen-bond donors (Lipinski definition) is 1. The number of nitrogens with zero attached hydrogens (tertiary/aromatic N) is 1. The second-order valence-corrected chi connectivity index (χ2v) is 8.42. The zero-order valence-corrected chi connectivity index (χ0v) is 19.1. The molecule has 0 radical (unpaired) electrons. The molecule has 0 spiro atoms. The monoisotopic (exact) mass is 442 g/mol. The SMILES string of the molecule is COc1ccc(CN2C(=O)c3ccccc3C2=O)cc1C(=O)Nc1c(C)cccc1C(C)C. The quantitative estimate of drug-likeness (QED) is 0.534. The second-order valence-electron chi connectivity index (χ2n) is 8.42. The highest BCUT2D eigenvalue weighted by atomic mass is 16.5. The average molecular weight is 443 g/mol. The first-order chi connectivity index (χ1) is 15.8. The molecule has 0 aromatic heterocycles. The number of nitrogens with one attached hydrogen (secondary N) is 1. The van der Waals surface area contributed by atoms with Crippen LogP contribution in [0.1, 0.15) is 67.5 Å². The second kappa shape index (κ2) is 8.90. The summed E-state index contributed by atoms with van der Waals surface area (Å²) in [5.74, 6) is -0.328. The Labute approximate surface area is 193 Å². The van der Waals surface area contributed by atoms with Gasteiger partial charge in [0, 0.05) is 5.69 Å². The highest BCUT2D eigenvalue weighted by molar-refractivity contribution is 6.21. The van der Waals surface area contributed by atoms with Crippen LogP contribution in [-0.4, -0.2) is 29.7 Å². The van der Waals surface area contributed by atoms with E-state index in [0.29, 0.717) is 28.0 Å². The minimum absolute atomic E-state index is 0.0677. The van der Waals surface area contributed by atoms with Gasteiger partial charge in [0.1, 0.15) is 5.75 Å². The lowest BCUT2D eigenvalue weighted by Crippen LogP contribution is -2.29. The fraction of sp³-hybridized carbons (Fsp3) is 0.222. The lowest BCUT2D eigenvalue weighted by Gasteiger charge is -2.18. The van der Waals surface area contributed by atoms with E-state index in [9.17, 15) is 14.4 Å². The number of imide groups is 1. The predicted molar refractivity (Wildman–Crippen MR) is 127 cm³/mol. The van der Waals surface area contributed by atoms with Gasteiger partial charge in [0.05, 0.1) is 30.3 Å². The summed E-state index contributed by atoms with van der Waals surface area (Å²) < 4.78 is 5.42. The zero-order chi connectivity index (χ0) is 23.7. The summed E-state index contributed by atoms with van der Waals surface area (Å²) in [5.41, 5.74) is 4.59. The maximum Gasteiger partial charge on any atom is 0.261 e. The van der Waals surface area contributed by atoms with Gasteiger partial charge in [-0.25, -0.2) is 0 Å². The summed E-state index contributed by atoms with van der Waals surface area (Å²) >= 11 is 0. The van der Waals surface area contributed by atoms with E-state index in [1.165, 1.54) is 12.0 Å². The van der Waals surface area contributed by atoms with Gasteiger partial charge in [-0.1, -0.05) is 50.2 Å². The number of amides is 3. The van der Waals surface area contributed by atoms with Crippen LogP contribution >= 0.6 is 0 Å². The Kier molecular flexibility index (Phi) is 6.01. The number of ether oxygens (including phenoxy) is 1. The van der Waals surface area contributed by atoms with Crippen molar-refractivity contribution >= 4 is 23.4 Å². The van der Waals surface area contributed by atoms with Crippen molar-refractivity contribution in [3.05, 3.63) is 94.0 Å². The van der Waals surface area contributed by atoms with Crippen molar-refractivity contribution in [2.45, 2.75) is 33.2 Å². The van der Waals surface area contributed by atoms with Crippen molar-refractivity contribution in [2.75, 3.05) is 12.4 Å². The lowest BCUT2D eigenvalue weighted by atomic mass is 9.98. The molecule has 0 aliphatic carbocycles. The van der Waals surface area contributed by atoms with Crippen LogP contribution in [0.15, 0.2) is 60.7 Å². The van der Waals surface area contributed by atoms with E-state index in [2.05, 4.69) is 19.2 Å². The Balaban J connectivity index is 1.63. The van der Waals surface area contributed by atoms with Crippen molar-refractivity contribution < 1.29 is 19.1 Å². The zero-order valence-electron chi connectivity index (χ0n) is 19.1. The van der Waals surface area contributed by atoms with Crippen molar-refractivity contribution in [1.82, 2.24) is 4.90 Å². The molecule has 3 amide bonds. The molecule has 1 aliphatic heterocycles. The molecule has 0 bridgehead atoms. The number of carbonyl (C=O) groups is 3. The minimum atomic E-state index is -0.334. The van der Waals surface area contributed by atoms with Crippen molar-refractivity contribution in [3.8, 4) is 5.75 Å². The fourth-order valence-corrected chi connectivity index (χ4v) is 4.12. The molecule has 6 nitrogen and oxygen atoms in total. The van der Waals surface area contributed by atoms with Crippen LogP contribution in [0.2, 0.25) is 0 Å². The Bertz CT molecular complexity index is 1230. The predicted octanol–water partition coefficient (Wildman–Crippen LogP) is 5.18. The van der Waals surface area contributed by atoms with Gasteiger partial charge in [0.25, 0.3) is 17.7 Å². The average Bonchev–Trinajstić information content (AvgIpc) is 3.05. The van der Waals surface area contributed by atoms with Crippen LogP contribution in [-0.2, 0) is 6.54 Å². The topological polar surface area (TPSA) is 75.7 Å². The third-order valence-electron chi connectivity index (χ3n) is 5.89. The van der Waals surface area contributed by atoms with Gasteiger partial charge in [-0.15, -0.1) is 0 Å². The van der Waals surface area contributed by atoms with Gasteiger partial charge in [-0.3, -0.25) is 19.3 Å². The molecular weight excluding hydrogens is 416 g/mol. The number of anilines is 1. The number of fused-ring (bicyclic) bond motifs is 1. The van der Waals surface area contributed by atoms with Gasteiger partial charge in [0.2, 0.25) is 0 Å². The molecule has 1 N–H and O–H groups in total. The van der Waals surface area contributed by atoms with Gasteiger partial charge in [-0.05, 0) is 53.8 Å². The number of para-hydroxylation sites is 1. The highest BCUT2D eigenvalue weighted by Gasteiger charge is 2.35. The first kappa shape index (κ1) is 22.3. The van der Waals surface area contributed by atoms with E-state index in [1.807, 2.05) is 25.1 Å². The molecule has 0 fully saturated rings. The molecule has 0 atom stereocenters. The number of methoxy groups -OCH3 is 1. The number of hydrogen-bond acceptors (Lipinski definition) is 4. The van der Waals surface area contributed by atoms with Crippen LogP contribution < -0.4 is 10.1 Å². The molecule has 168 valence electrons. The van der Waals surface area contributed by atoms with Crippen LogP contribution in [0.5, 0.6) is 5.75 Å². The fourth-order valence-electron chi connectivity index (χ4n) is 4.12. The van der Waals surface area contributed by atoms with Crippen LogP contribution in [0.25, 0.3) is 0 Å². The Morgan fingerprint density at radius 3 is 2.24 bits per heavy atom. The Morgan fingerprint density at radius 2 is 1.64 bits per heavy atom. The molecule has 0 unspecified atom stereocenters. The molecule has 1 aliphatic rings. The van der Waals surface area contributed by atoms with Crippen molar-refractivity contribution in [2.24, 2.45) is 0 Å². The molecule has 3 aromatic rings. The molecule has 4 rings (SSSR count). The van der Waals surface area contributed by atoms with E-state index in [0.717, 1.165) is 16.8 Å². The summed E-state index contributed by atoms with van der Waals surface area (Å²) in [7, 11) is 1.50. The van der Waals surface area contributed by atoms with Gasteiger partial charge < -0.3 is 10.1 Å². The van der Waals surface area contributed by atoms with Crippen molar-refractivity contribution in [3.63, 3.8) is 0 Å². The lowest BCUT2D eigenvalue weighted by molar-refractivity contribution is 0.0642. The van der Waals surface area contributed by atoms with E-state index in [4.69, 9.17) is 4.74 Å². The third-order valence-corrected chi connectivity index (χ3v) is 5.89. The van der Waals surface area contributed by atoms with Gasteiger partial charge in [0.15, 0.2) is 0 Å². The largest absolute Gasteiger partial charge is 0.496 e. The van der Waals surface area contributed by atoms with E-state index in [1.54, 1.807) is 42.5 Å².